The molecule has 0 radical (unpaired) electrons. The summed E-state index contributed by atoms with van der Waals surface area (Å²) in [6.07, 6.45) is 0. The van der Waals surface area contributed by atoms with Crippen molar-refractivity contribution < 1.29 is 13.6 Å². The summed E-state index contributed by atoms with van der Waals surface area (Å²) in [7, 11) is 0. The zero-order valence-corrected chi connectivity index (χ0v) is 21.5. The lowest BCUT2D eigenvalue weighted by atomic mass is 10.1. The Morgan fingerprint density at radius 1 is 0.917 bits per heavy atom. The van der Waals surface area contributed by atoms with Gasteiger partial charge in [-0.15, -0.1) is 0 Å². The van der Waals surface area contributed by atoms with Crippen LogP contribution in [0, 0.1) is 20.8 Å². The molecule has 7 nitrogen and oxygen atoms in total. The van der Waals surface area contributed by atoms with Gasteiger partial charge < -0.3 is 13.6 Å². The molecule has 0 spiro atoms. The Balaban J connectivity index is 1.25. The van der Waals surface area contributed by atoms with Gasteiger partial charge in [0.25, 0.3) is 0 Å². The van der Waals surface area contributed by atoms with Gasteiger partial charge in [0, 0.05) is 56.3 Å². The number of benzene rings is 2. The highest BCUT2D eigenvalue weighted by atomic mass is 16.5. The second kappa shape index (κ2) is 10.3. The quantitative estimate of drug-likeness (QED) is 0.336. The van der Waals surface area contributed by atoms with E-state index in [9.17, 15) is 4.79 Å². The van der Waals surface area contributed by atoms with E-state index >= 15 is 0 Å². The van der Waals surface area contributed by atoms with Crippen LogP contribution in [0.4, 0.5) is 0 Å². The van der Waals surface area contributed by atoms with Crippen molar-refractivity contribution in [2.24, 2.45) is 0 Å². The number of rotatable bonds is 7. The smallest absolute Gasteiger partial charge is 0.336 e. The molecule has 1 fully saturated rings. The van der Waals surface area contributed by atoms with Gasteiger partial charge in [0.15, 0.2) is 0 Å². The molecule has 2 aromatic carbocycles. The van der Waals surface area contributed by atoms with Crippen molar-refractivity contribution in [3.05, 3.63) is 81.0 Å². The van der Waals surface area contributed by atoms with Gasteiger partial charge in [0.2, 0.25) is 5.89 Å². The molecule has 0 bridgehead atoms. The number of oxazole rings is 1. The number of piperazine rings is 1. The summed E-state index contributed by atoms with van der Waals surface area (Å²) in [5.41, 5.74) is 5.67. The highest BCUT2D eigenvalue weighted by Gasteiger charge is 2.21. The van der Waals surface area contributed by atoms with E-state index in [0.29, 0.717) is 24.6 Å². The molecule has 0 N–H and O–H groups in total. The Labute approximate surface area is 211 Å². The molecule has 0 amide bonds. The Hall–Kier alpha value is -3.42. The minimum Gasteiger partial charge on any atom is -0.494 e. The number of hydrogen-bond acceptors (Lipinski definition) is 7. The highest BCUT2D eigenvalue weighted by Crippen LogP contribution is 2.27. The summed E-state index contributed by atoms with van der Waals surface area (Å²) < 4.78 is 17.1. The average Bonchev–Trinajstić information content (AvgIpc) is 3.22. The van der Waals surface area contributed by atoms with Crippen LogP contribution in [0.5, 0.6) is 5.75 Å². The molecule has 188 valence electrons. The largest absolute Gasteiger partial charge is 0.494 e. The average molecular weight is 488 g/mol. The minimum atomic E-state index is -0.318. The van der Waals surface area contributed by atoms with Crippen molar-refractivity contribution in [1.82, 2.24) is 14.8 Å². The fourth-order valence-electron chi connectivity index (χ4n) is 4.81. The van der Waals surface area contributed by atoms with Gasteiger partial charge in [-0.2, -0.15) is 0 Å². The first-order valence-corrected chi connectivity index (χ1v) is 12.6. The van der Waals surface area contributed by atoms with Gasteiger partial charge in [0.1, 0.15) is 17.1 Å². The van der Waals surface area contributed by atoms with Crippen molar-refractivity contribution in [3.63, 3.8) is 0 Å². The summed E-state index contributed by atoms with van der Waals surface area (Å²) >= 11 is 0. The number of fused-ring (bicyclic) bond motifs is 1. The first-order valence-electron chi connectivity index (χ1n) is 12.6. The van der Waals surface area contributed by atoms with Crippen LogP contribution in [-0.4, -0.2) is 47.6 Å². The van der Waals surface area contributed by atoms with Crippen LogP contribution >= 0.6 is 0 Å². The molecular weight excluding hydrogens is 454 g/mol. The normalized spacial score (nSPS) is 15.0. The summed E-state index contributed by atoms with van der Waals surface area (Å²) in [4.78, 5) is 21.8. The van der Waals surface area contributed by atoms with Crippen molar-refractivity contribution in [2.45, 2.75) is 40.8 Å². The van der Waals surface area contributed by atoms with E-state index in [2.05, 4.69) is 41.8 Å². The zero-order chi connectivity index (χ0) is 25.2. The molecule has 0 unspecified atom stereocenters. The molecular formula is C29H33N3O4. The van der Waals surface area contributed by atoms with E-state index in [-0.39, 0.29) is 5.63 Å². The van der Waals surface area contributed by atoms with Crippen molar-refractivity contribution in [2.75, 3.05) is 32.8 Å². The van der Waals surface area contributed by atoms with E-state index in [4.69, 9.17) is 18.6 Å². The maximum absolute atomic E-state index is 12.1. The van der Waals surface area contributed by atoms with Gasteiger partial charge in [-0.3, -0.25) is 9.80 Å². The maximum atomic E-state index is 12.1. The summed E-state index contributed by atoms with van der Waals surface area (Å²) in [5, 5.41) is 0.931. The van der Waals surface area contributed by atoms with Gasteiger partial charge in [-0.25, -0.2) is 9.78 Å². The van der Waals surface area contributed by atoms with Crippen LogP contribution in [0.2, 0.25) is 0 Å². The van der Waals surface area contributed by atoms with Gasteiger partial charge in [-0.05, 0) is 63.1 Å². The number of aromatic nitrogens is 1. The monoisotopic (exact) mass is 487 g/mol. The highest BCUT2D eigenvalue weighted by molar-refractivity contribution is 5.81. The minimum absolute atomic E-state index is 0.318. The zero-order valence-electron chi connectivity index (χ0n) is 21.5. The van der Waals surface area contributed by atoms with E-state index in [1.165, 1.54) is 5.56 Å². The third kappa shape index (κ3) is 5.22. The molecule has 1 aliphatic heterocycles. The number of nitrogens with zero attached hydrogens (tertiary/aromatic N) is 3. The topological polar surface area (TPSA) is 72.0 Å². The van der Waals surface area contributed by atoms with Crippen LogP contribution in [0.25, 0.3) is 22.4 Å². The summed E-state index contributed by atoms with van der Waals surface area (Å²) in [6.45, 7) is 13.9. The Morgan fingerprint density at radius 3 is 2.42 bits per heavy atom. The lowest BCUT2D eigenvalue weighted by Gasteiger charge is -2.34. The molecule has 0 saturated carbocycles. The standard InChI is InChI=1S/C29H33N3O4/c1-5-34-23-8-9-27-25(16-23)22(15-28(33)36-27)17-31-10-12-32(13-11-31)18-26-21(4)35-29(30-26)24-14-19(2)6-7-20(24)3/h6-9,14-16H,5,10-13,17-18H2,1-4H3. The second-order valence-corrected chi connectivity index (χ2v) is 9.57. The van der Waals surface area contributed by atoms with E-state index in [1.54, 1.807) is 6.07 Å². The Kier molecular flexibility index (Phi) is 6.94. The number of hydrogen-bond donors (Lipinski definition) is 0. The van der Waals surface area contributed by atoms with Crippen molar-refractivity contribution in [1.29, 1.82) is 0 Å². The Morgan fingerprint density at radius 2 is 1.67 bits per heavy atom. The fraction of sp³-hybridized carbons (Fsp3) is 0.379. The Bertz CT molecular complexity index is 1430. The van der Waals surface area contributed by atoms with Crippen LogP contribution in [0.3, 0.4) is 0 Å². The molecule has 1 saturated heterocycles. The van der Waals surface area contributed by atoms with Crippen LogP contribution < -0.4 is 10.4 Å². The lowest BCUT2D eigenvalue weighted by molar-refractivity contribution is 0.121. The molecule has 3 heterocycles. The lowest BCUT2D eigenvalue weighted by Crippen LogP contribution is -2.45. The van der Waals surface area contributed by atoms with Gasteiger partial charge >= 0.3 is 5.63 Å². The van der Waals surface area contributed by atoms with Crippen molar-refractivity contribution >= 4 is 11.0 Å². The number of aryl methyl sites for hydroxylation is 3. The molecule has 0 atom stereocenters. The van der Waals surface area contributed by atoms with Crippen molar-refractivity contribution in [3.8, 4) is 17.2 Å². The third-order valence-electron chi connectivity index (χ3n) is 6.86. The van der Waals surface area contributed by atoms with E-state index < -0.39 is 0 Å². The maximum Gasteiger partial charge on any atom is 0.336 e. The molecule has 36 heavy (non-hydrogen) atoms. The van der Waals surface area contributed by atoms with Crippen LogP contribution in [-0.2, 0) is 13.1 Å². The van der Waals surface area contributed by atoms with Crippen LogP contribution in [0.15, 0.2) is 56.1 Å². The SMILES string of the molecule is CCOc1ccc2oc(=O)cc(CN3CCN(Cc4nc(-c5cc(C)ccc5C)oc4C)CC3)c2c1. The first kappa shape index (κ1) is 24.3. The second-order valence-electron chi connectivity index (χ2n) is 9.57. The molecule has 0 aliphatic carbocycles. The summed E-state index contributed by atoms with van der Waals surface area (Å²) in [5.74, 6) is 2.36. The predicted octanol–water partition coefficient (Wildman–Crippen LogP) is 5.09. The van der Waals surface area contributed by atoms with E-state index in [1.807, 2.05) is 32.0 Å². The predicted molar refractivity (Wildman–Crippen MR) is 140 cm³/mol. The number of ether oxygens (including phenoxy) is 1. The molecule has 1 aliphatic rings. The first-order chi connectivity index (χ1) is 17.4. The van der Waals surface area contributed by atoms with Crippen LogP contribution in [0.1, 0.15) is 35.1 Å². The fourth-order valence-corrected chi connectivity index (χ4v) is 4.81. The van der Waals surface area contributed by atoms with Gasteiger partial charge in [0.05, 0.1) is 12.3 Å². The molecule has 7 heteroatoms. The molecule has 4 aromatic rings. The van der Waals surface area contributed by atoms with Gasteiger partial charge in [-0.1, -0.05) is 17.7 Å². The molecule has 2 aromatic heterocycles. The molecule has 5 rings (SSSR count). The summed E-state index contributed by atoms with van der Waals surface area (Å²) in [6, 6.07) is 13.6. The van der Waals surface area contributed by atoms with E-state index in [0.717, 1.165) is 72.0 Å². The third-order valence-corrected chi connectivity index (χ3v) is 6.86.